The zero-order valence-electron chi connectivity index (χ0n) is 25.3. The monoisotopic (exact) mass is 566 g/mol. The molecule has 0 aromatic heterocycles. The molecule has 0 radical (unpaired) electrons. The number of carbonyl (C=O) groups is 4. The number of hydrogen-bond acceptors (Lipinski definition) is 8. The van der Waals surface area contributed by atoms with Crippen molar-refractivity contribution in [1.82, 2.24) is 0 Å². The van der Waals surface area contributed by atoms with E-state index in [1.54, 1.807) is 24.3 Å². The lowest BCUT2D eigenvalue weighted by Crippen LogP contribution is -2.37. The van der Waals surface area contributed by atoms with Gasteiger partial charge in [-0.15, -0.1) is 0 Å². The van der Waals surface area contributed by atoms with Crippen molar-refractivity contribution < 1.29 is 38.1 Å². The average molecular weight is 567 g/mol. The SMILES string of the molecule is CC(=O)OC1=C2CC(C)C(OC(=O)c3ccccc3)C2C=C(C)C(OC(C)=O)CC(OC(C)=O)C(C)(C)C=CC1C. The van der Waals surface area contributed by atoms with Crippen molar-refractivity contribution >= 4 is 23.9 Å². The van der Waals surface area contributed by atoms with Gasteiger partial charge < -0.3 is 18.9 Å². The van der Waals surface area contributed by atoms with Gasteiger partial charge in [0.1, 0.15) is 24.1 Å². The Bertz CT molecular complexity index is 1240. The third-order valence-corrected chi connectivity index (χ3v) is 7.73. The van der Waals surface area contributed by atoms with Crippen molar-refractivity contribution in [3.8, 4) is 0 Å². The van der Waals surface area contributed by atoms with Crippen molar-refractivity contribution in [3.63, 3.8) is 0 Å². The molecule has 3 rings (SSSR count). The van der Waals surface area contributed by atoms with Crippen molar-refractivity contribution in [2.75, 3.05) is 0 Å². The molecule has 6 atom stereocenters. The number of benzene rings is 1. The van der Waals surface area contributed by atoms with Crippen LogP contribution in [0.3, 0.4) is 0 Å². The van der Waals surface area contributed by atoms with Gasteiger partial charge in [-0.2, -0.15) is 0 Å². The number of allylic oxidation sites excluding steroid dienone is 1. The molecule has 0 bridgehead atoms. The summed E-state index contributed by atoms with van der Waals surface area (Å²) < 4.78 is 23.5. The second kappa shape index (κ2) is 13.3. The molecular formula is C33H42O8. The van der Waals surface area contributed by atoms with Crippen molar-refractivity contribution in [3.05, 3.63) is 71.0 Å². The van der Waals surface area contributed by atoms with E-state index in [1.807, 2.05) is 58.9 Å². The fourth-order valence-corrected chi connectivity index (χ4v) is 5.58. The molecule has 0 amide bonds. The Morgan fingerprint density at radius 3 is 2.10 bits per heavy atom. The van der Waals surface area contributed by atoms with E-state index in [0.29, 0.717) is 23.3 Å². The first-order valence-electron chi connectivity index (χ1n) is 14.1. The summed E-state index contributed by atoms with van der Waals surface area (Å²) in [4.78, 5) is 49.7. The maximum Gasteiger partial charge on any atom is 0.338 e. The molecule has 0 saturated heterocycles. The summed E-state index contributed by atoms with van der Waals surface area (Å²) in [5.74, 6) is -2.15. The maximum absolute atomic E-state index is 13.2. The van der Waals surface area contributed by atoms with Crippen LogP contribution in [0.5, 0.6) is 0 Å². The molecule has 0 heterocycles. The molecule has 2 aliphatic carbocycles. The lowest BCUT2D eigenvalue weighted by atomic mass is 9.80. The number of carbonyl (C=O) groups excluding carboxylic acids is 4. The number of esters is 4. The second-order valence-electron chi connectivity index (χ2n) is 11.7. The number of rotatable bonds is 5. The molecule has 41 heavy (non-hydrogen) atoms. The molecule has 0 spiro atoms. The van der Waals surface area contributed by atoms with Gasteiger partial charge >= 0.3 is 23.9 Å². The first-order valence-corrected chi connectivity index (χ1v) is 14.1. The van der Waals surface area contributed by atoms with Crippen LogP contribution >= 0.6 is 0 Å². The fourth-order valence-electron chi connectivity index (χ4n) is 5.58. The summed E-state index contributed by atoms with van der Waals surface area (Å²) in [6.07, 6.45) is 4.71. The normalized spacial score (nSPS) is 27.9. The molecule has 1 aromatic rings. The lowest BCUT2D eigenvalue weighted by Gasteiger charge is -2.35. The zero-order valence-corrected chi connectivity index (χ0v) is 25.3. The third kappa shape index (κ3) is 8.18. The van der Waals surface area contributed by atoms with Gasteiger partial charge in [-0.3, -0.25) is 14.4 Å². The van der Waals surface area contributed by atoms with Crippen LogP contribution in [0.4, 0.5) is 0 Å². The van der Waals surface area contributed by atoms with Gasteiger partial charge in [0.2, 0.25) is 0 Å². The molecule has 1 fully saturated rings. The van der Waals surface area contributed by atoms with E-state index in [-0.39, 0.29) is 18.3 Å². The van der Waals surface area contributed by atoms with Crippen LogP contribution in [-0.4, -0.2) is 42.2 Å². The minimum absolute atomic E-state index is 0.0870. The Labute approximate surface area is 242 Å². The Balaban J connectivity index is 2.21. The summed E-state index contributed by atoms with van der Waals surface area (Å²) in [5, 5.41) is 0. The van der Waals surface area contributed by atoms with Gasteiger partial charge in [-0.1, -0.05) is 64.1 Å². The predicted molar refractivity (Wildman–Crippen MR) is 153 cm³/mol. The summed E-state index contributed by atoms with van der Waals surface area (Å²) >= 11 is 0. The molecule has 1 aromatic carbocycles. The predicted octanol–water partition coefficient (Wildman–Crippen LogP) is 6.12. The van der Waals surface area contributed by atoms with Gasteiger partial charge in [0.25, 0.3) is 0 Å². The molecule has 8 nitrogen and oxygen atoms in total. The van der Waals surface area contributed by atoms with Crippen molar-refractivity contribution in [2.24, 2.45) is 23.2 Å². The number of hydrogen-bond donors (Lipinski definition) is 0. The quantitative estimate of drug-likeness (QED) is 0.239. The highest BCUT2D eigenvalue weighted by molar-refractivity contribution is 5.89. The number of ether oxygens (including phenoxy) is 4. The highest BCUT2D eigenvalue weighted by atomic mass is 16.6. The van der Waals surface area contributed by atoms with Crippen LogP contribution in [0.2, 0.25) is 0 Å². The van der Waals surface area contributed by atoms with Gasteiger partial charge in [-0.25, -0.2) is 4.79 Å². The summed E-state index contributed by atoms with van der Waals surface area (Å²) in [6, 6.07) is 8.78. The van der Waals surface area contributed by atoms with E-state index in [9.17, 15) is 19.2 Å². The lowest BCUT2D eigenvalue weighted by molar-refractivity contribution is -0.155. The molecule has 222 valence electrons. The maximum atomic E-state index is 13.2. The van der Waals surface area contributed by atoms with Crippen LogP contribution < -0.4 is 0 Å². The molecule has 1 saturated carbocycles. The van der Waals surface area contributed by atoms with E-state index < -0.39 is 53.5 Å². The molecule has 6 unspecified atom stereocenters. The van der Waals surface area contributed by atoms with E-state index in [1.165, 1.54) is 20.8 Å². The molecular weight excluding hydrogens is 524 g/mol. The van der Waals surface area contributed by atoms with Crippen molar-refractivity contribution in [2.45, 2.75) is 86.5 Å². The molecule has 0 aliphatic heterocycles. The van der Waals surface area contributed by atoms with Crippen LogP contribution in [0.25, 0.3) is 0 Å². The smallest absolute Gasteiger partial charge is 0.338 e. The third-order valence-electron chi connectivity index (χ3n) is 7.73. The van der Waals surface area contributed by atoms with Gasteiger partial charge in [-0.05, 0) is 42.5 Å². The summed E-state index contributed by atoms with van der Waals surface area (Å²) in [7, 11) is 0. The highest BCUT2D eigenvalue weighted by Gasteiger charge is 2.43. The van der Waals surface area contributed by atoms with Crippen LogP contribution in [0.1, 0.15) is 78.6 Å². The molecule has 0 N–H and O–H groups in total. The molecule has 2 aliphatic rings. The average Bonchev–Trinajstić information content (AvgIpc) is 3.18. The summed E-state index contributed by atoms with van der Waals surface area (Å²) in [6.45, 7) is 13.7. The minimum atomic E-state index is -0.707. The Morgan fingerprint density at radius 2 is 1.51 bits per heavy atom. The van der Waals surface area contributed by atoms with Gasteiger partial charge in [0.05, 0.1) is 5.56 Å². The van der Waals surface area contributed by atoms with E-state index in [4.69, 9.17) is 18.9 Å². The van der Waals surface area contributed by atoms with Gasteiger partial charge in [0, 0.05) is 44.4 Å². The van der Waals surface area contributed by atoms with Crippen molar-refractivity contribution in [1.29, 1.82) is 0 Å². The van der Waals surface area contributed by atoms with Crippen LogP contribution in [0.15, 0.2) is 65.5 Å². The summed E-state index contributed by atoms with van der Waals surface area (Å²) in [5.41, 5.74) is 1.36. The Morgan fingerprint density at radius 1 is 0.878 bits per heavy atom. The number of fused-ring (bicyclic) bond motifs is 1. The highest BCUT2D eigenvalue weighted by Crippen LogP contribution is 2.45. The van der Waals surface area contributed by atoms with Crippen LogP contribution in [-0.2, 0) is 33.3 Å². The van der Waals surface area contributed by atoms with Gasteiger partial charge in [0.15, 0.2) is 0 Å². The topological polar surface area (TPSA) is 105 Å². The first kappa shape index (κ1) is 31.8. The largest absolute Gasteiger partial charge is 0.461 e. The van der Waals surface area contributed by atoms with E-state index in [0.717, 1.165) is 5.57 Å². The van der Waals surface area contributed by atoms with E-state index >= 15 is 0 Å². The second-order valence-corrected chi connectivity index (χ2v) is 11.7. The van der Waals surface area contributed by atoms with Crippen LogP contribution in [0, 0.1) is 23.2 Å². The first-order chi connectivity index (χ1) is 19.2. The Hall–Kier alpha value is -3.68. The zero-order chi connectivity index (χ0) is 30.5. The van der Waals surface area contributed by atoms with E-state index in [2.05, 4.69) is 0 Å². The standard InChI is InChI=1S/C33H42O8/c1-19-14-15-33(7,8)29(39-23(5)35)18-28(38-22(4)34)20(2)16-26-27(30(19)40-24(6)36)17-21(3)31(26)41-32(37)25-12-10-9-11-13-25/h9-16,19,21,26,28-29,31H,17-18H2,1-8H3. The minimum Gasteiger partial charge on any atom is -0.461 e. The molecule has 8 heteroatoms. The fraction of sp³-hybridized carbons (Fsp3) is 0.515. The Kier molecular flexibility index (Phi) is 10.3.